The van der Waals surface area contributed by atoms with Crippen LogP contribution in [0, 0.1) is 0 Å². The molecule has 0 bridgehead atoms. The van der Waals surface area contributed by atoms with Gasteiger partial charge in [-0.2, -0.15) is 0 Å². The number of aromatic nitrogens is 1. The number of aryl methyl sites for hydroxylation is 1. The molecule has 0 radical (unpaired) electrons. The topological polar surface area (TPSA) is 26.0 Å². The highest BCUT2D eigenvalue weighted by Crippen LogP contribution is 2.27. The summed E-state index contributed by atoms with van der Waals surface area (Å²) in [7, 11) is 0. The lowest BCUT2D eigenvalue weighted by molar-refractivity contribution is 0.453. The van der Waals surface area contributed by atoms with Crippen LogP contribution >= 0.6 is 0 Å². The Hall–Kier alpha value is -1.31. The van der Waals surface area contributed by atoms with Crippen molar-refractivity contribution < 1.29 is 4.52 Å². The number of hydrogen-bond acceptors (Lipinski definition) is 2. The van der Waals surface area contributed by atoms with Crippen LogP contribution in [0.4, 0.5) is 0 Å². The van der Waals surface area contributed by atoms with Crippen LogP contribution in [0.2, 0.25) is 0 Å². The van der Waals surface area contributed by atoms with E-state index in [9.17, 15) is 0 Å². The van der Waals surface area contributed by atoms with Crippen LogP contribution in [0.3, 0.4) is 0 Å². The quantitative estimate of drug-likeness (QED) is 0.722. The lowest BCUT2D eigenvalue weighted by Gasteiger charge is -2.06. The van der Waals surface area contributed by atoms with Crippen LogP contribution in [0.25, 0.3) is 11.0 Å². The van der Waals surface area contributed by atoms with E-state index in [1.165, 1.54) is 16.5 Å². The van der Waals surface area contributed by atoms with Crippen molar-refractivity contribution in [1.82, 2.24) is 5.16 Å². The van der Waals surface area contributed by atoms with Gasteiger partial charge in [-0.05, 0) is 17.9 Å². The zero-order valence-electron chi connectivity index (χ0n) is 8.87. The summed E-state index contributed by atoms with van der Waals surface area (Å²) in [6.45, 7) is 6.49. The number of fused-ring (bicyclic) bond motifs is 1. The van der Waals surface area contributed by atoms with Crippen LogP contribution in [0.1, 0.15) is 37.8 Å². The normalized spacial score (nSPS) is 11.4. The Bertz CT molecular complexity index is 443. The van der Waals surface area contributed by atoms with E-state index < -0.39 is 0 Å². The van der Waals surface area contributed by atoms with Crippen molar-refractivity contribution in [3.05, 3.63) is 29.5 Å². The zero-order chi connectivity index (χ0) is 10.1. The third-order valence-electron chi connectivity index (χ3n) is 2.65. The van der Waals surface area contributed by atoms with E-state index in [4.69, 9.17) is 4.52 Å². The maximum atomic E-state index is 5.30. The van der Waals surface area contributed by atoms with Gasteiger partial charge in [-0.25, -0.2) is 0 Å². The predicted octanol–water partition coefficient (Wildman–Crippen LogP) is 3.51. The van der Waals surface area contributed by atoms with Gasteiger partial charge < -0.3 is 4.52 Å². The fraction of sp³-hybridized carbons (Fsp3) is 0.417. The van der Waals surface area contributed by atoms with E-state index in [0.717, 1.165) is 12.0 Å². The summed E-state index contributed by atoms with van der Waals surface area (Å²) in [5.74, 6) is 0.483. The SMILES string of the molecule is CCc1ccc(C(C)C)c2oncc12. The van der Waals surface area contributed by atoms with Gasteiger partial charge in [0.15, 0.2) is 5.58 Å². The van der Waals surface area contributed by atoms with Gasteiger partial charge in [-0.1, -0.05) is 38.1 Å². The zero-order valence-corrected chi connectivity index (χ0v) is 8.87. The molecule has 74 valence electrons. The molecule has 0 aliphatic heterocycles. The van der Waals surface area contributed by atoms with Gasteiger partial charge in [0, 0.05) is 10.9 Å². The van der Waals surface area contributed by atoms with E-state index in [1.807, 2.05) is 6.20 Å². The molecule has 0 unspecified atom stereocenters. The maximum absolute atomic E-state index is 5.30. The monoisotopic (exact) mass is 189 g/mol. The largest absolute Gasteiger partial charge is 0.356 e. The van der Waals surface area contributed by atoms with E-state index in [1.54, 1.807) is 0 Å². The molecule has 1 heterocycles. The van der Waals surface area contributed by atoms with Gasteiger partial charge in [-0.3, -0.25) is 0 Å². The highest BCUT2D eigenvalue weighted by atomic mass is 16.5. The summed E-state index contributed by atoms with van der Waals surface area (Å²) in [6, 6.07) is 4.33. The van der Waals surface area contributed by atoms with Crippen LogP contribution in [0.5, 0.6) is 0 Å². The number of nitrogens with zero attached hydrogens (tertiary/aromatic N) is 1. The minimum Gasteiger partial charge on any atom is -0.356 e. The summed E-state index contributed by atoms with van der Waals surface area (Å²) in [5.41, 5.74) is 3.51. The van der Waals surface area contributed by atoms with Gasteiger partial charge in [0.05, 0.1) is 6.20 Å². The maximum Gasteiger partial charge on any atom is 0.170 e. The molecule has 0 aliphatic rings. The number of rotatable bonds is 2. The molecule has 0 saturated heterocycles. The molecule has 0 amide bonds. The summed E-state index contributed by atoms with van der Waals surface area (Å²) >= 11 is 0. The van der Waals surface area contributed by atoms with Crippen LogP contribution in [-0.4, -0.2) is 5.16 Å². The fourth-order valence-corrected chi connectivity index (χ4v) is 1.80. The first-order chi connectivity index (χ1) is 6.74. The molecule has 0 N–H and O–H groups in total. The van der Waals surface area contributed by atoms with Crippen molar-refractivity contribution in [1.29, 1.82) is 0 Å². The standard InChI is InChI=1S/C12H15NO/c1-4-9-5-6-10(8(2)3)12-11(9)7-13-14-12/h5-8H,4H2,1-3H3. The first-order valence-electron chi connectivity index (χ1n) is 5.10. The van der Waals surface area contributed by atoms with Crippen molar-refractivity contribution in [2.75, 3.05) is 0 Å². The Labute approximate surface area is 83.9 Å². The van der Waals surface area contributed by atoms with Crippen LogP contribution in [-0.2, 0) is 6.42 Å². The van der Waals surface area contributed by atoms with Gasteiger partial charge in [0.2, 0.25) is 0 Å². The Balaban J connectivity index is 2.72. The molecule has 1 aromatic carbocycles. The summed E-state index contributed by atoms with van der Waals surface area (Å²) in [5, 5.41) is 5.04. The molecule has 2 heteroatoms. The molecule has 1 aromatic heterocycles. The highest BCUT2D eigenvalue weighted by molar-refractivity contribution is 5.83. The second-order valence-corrected chi connectivity index (χ2v) is 3.89. The van der Waals surface area contributed by atoms with Crippen molar-refractivity contribution in [3.63, 3.8) is 0 Å². The number of benzene rings is 1. The minimum absolute atomic E-state index is 0.483. The molecule has 0 atom stereocenters. The first-order valence-corrected chi connectivity index (χ1v) is 5.10. The fourth-order valence-electron chi connectivity index (χ4n) is 1.80. The van der Waals surface area contributed by atoms with Gasteiger partial charge in [0.25, 0.3) is 0 Å². The van der Waals surface area contributed by atoms with E-state index in [2.05, 4.69) is 38.1 Å². The lowest BCUT2D eigenvalue weighted by Crippen LogP contribution is -1.90. The Morgan fingerprint density at radius 1 is 1.36 bits per heavy atom. The molecular weight excluding hydrogens is 174 g/mol. The third-order valence-corrected chi connectivity index (χ3v) is 2.65. The molecular formula is C12H15NO. The van der Waals surface area contributed by atoms with Crippen LogP contribution < -0.4 is 0 Å². The van der Waals surface area contributed by atoms with E-state index in [-0.39, 0.29) is 0 Å². The molecule has 0 spiro atoms. The molecule has 2 rings (SSSR count). The molecule has 2 nitrogen and oxygen atoms in total. The molecule has 0 saturated carbocycles. The smallest absolute Gasteiger partial charge is 0.170 e. The summed E-state index contributed by atoms with van der Waals surface area (Å²) in [6.07, 6.45) is 2.84. The first kappa shape index (κ1) is 9.25. The average molecular weight is 189 g/mol. The Kier molecular flexibility index (Phi) is 2.28. The van der Waals surface area contributed by atoms with Crippen molar-refractivity contribution >= 4 is 11.0 Å². The second kappa shape index (κ2) is 3.45. The van der Waals surface area contributed by atoms with Gasteiger partial charge >= 0.3 is 0 Å². The molecule has 0 aliphatic carbocycles. The Morgan fingerprint density at radius 3 is 2.79 bits per heavy atom. The molecule has 0 fully saturated rings. The molecule has 2 aromatic rings. The third kappa shape index (κ3) is 1.31. The highest BCUT2D eigenvalue weighted by Gasteiger charge is 2.11. The van der Waals surface area contributed by atoms with Crippen molar-refractivity contribution in [2.24, 2.45) is 0 Å². The van der Waals surface area contributed by atoms with Gasteiger partial charge in [0.1, 0.15) is 0 Å². The van der Waals surface area contributed by atoms with Crippen molar-refractivity contribution in [3.8, 4) is 0 Å². The number of hydrogen-bond donors (Lipinski definition) is 0. The molecule has 14 heavy (non-hydrogen) atoms. The lowest BCUT2D eigenvalue weighted by atomic mass is 9.98. The minimum atomic E-state index is 0.483. The predicted molar refractivity (Wildman–Crippen MR) is 57.5 cm³/mol. The van der Waals surface area contributed by atoms with Crippen LogP contribution in [0.15, 0.2) is 22.9 Å². The second-order valence-electron chi connectivity index (χ2n) is 3.89. The average Bonchev–Trinajstić information content (AvgIpc) is 2.64. The van der Waals surface area contributed by atoms with Crippen molar-refractivity contribution in [2.45, 2.75) is 33.1 Å². The Morgan fingerprint density at radius 2 is 2.14 bits per heavy atom. The van der Waals surface area contributed by atoms with E-state index >= 15 is 0 Å². The summed E-state index contributed by atoms with van der Waals surface area (Å²) in [4.78, 5) is 0. The van der Waals surface area contributed by atoms with Gasteiger partial charge in [-0.15, -0.1) is 0 Å². The summed E-state index contributed by atoms with van der Waals surface area (Å²) < 4.78 is 5.30. The van der Waals surface area contributed by atoms with E-state index in [0.29, 0.717) is 5.92 Å².